The standard InChI is InChI=1S/C12H15BrFNO/c13-10-6-8(3-4-11(10)14)12(16)7-9-2-1-5-15-9/h3-4,6,9,12,15-16H,1-2,5,7H2. The Morgan fingerprint density at radius 2 is 2.38 bits per heavy atom. The molecular weight excluding hydrogens is 273 g/mol. The largest absolute Gasteiger partial charge is 0.388 e. The first-order valence-corrected chi connectivity index (χ1v) is 6.32. The molecule has 16 heavy (non-hydrogen) atoms. The van der Waals surface area contributed by atoms with Gasteiger partial charge in [0.05, 0.1) is 10.6 Å². The van der Waals surface area contributed by atoms with Gasteiger partial charge in [0, 0.05) is 6.04 Å². The molecule has 1 heterocycles. The number of benzene rings is 1. The van der Waals surface area contributed by atoms with Gasteiger partial charge < -0.3 is 10.4 Å². The Balaban J connectivity index is 2.02. The normalized spacial score (nSPS) is 22.3. The van der Waals surface area contributed by atoms with Gasteiger partial charge >= 0.3 is 0 Å². The highest BCUT2D eigenvalue weighted by Gasteiger charge is 2.19. The average molecular weight is 288 g/mol. The summed E-state index contributed by atoms with van der Waals surface area (Å²) in [6.45, 7) is 1.03. The first-order valence-electron chi connectivity index (χ1n) is 5.53. The molecule has 88 valence electrons. The van der Waals surface area contributed by atoms with Gasteiger partial charge in [-0.1, -0.05) is 6.07 Å². The zero-order chi connectivity index (χ0) is 11.5. The first-order chi connectivity index (χ1) is 7.66. The van der Waals surface area contributed by atoms with E-state index in [2.05, 4.69) is 21.2 Å². The van der Waals surface area contributed by atoms with Crippen molar-refractivity contribution < 1.29 is 9.50 Å². The lowest BCUT2D eigenvalue weighted by Gasteiger charge is -2.16. The van der Waals surface area contributed by atoms with E-state index in [1.165, 1.54) is 12.5 Å². The predicted molar refractivity (Wildman–Crippen MR) is 64.7 cm³/mol. The summed E-state index contributed by atoms with van der Waals surface area (Å²) in [6.07, 6.45) is 2.45. The minimum absolute atomic E-state index is 0.296. The van der Waals surface area contributed by atoms with E-state index in [1.54, 1.807) is 12.1 Å². The van der Waals surface area contributed by atoms with Gasteiger partial charge in [0.25, 0.3) is 0 Å². The first kappa shape index (κ1) is 12.0. The average Bonchev–Trinajstić information content (AvgIpc) is 2.74. The number of rotatable bonds is 3. The van der Waals surface area contributed by atoms with E-state index in [0.29, 0.717) is 16.9 Å². The second-order valence-corrected chi connectivity index (χ2v) is 5.07. The summed E-state index contributed by atoms with van der Waals surface area (Å²) >= 11 is 3.13. The third kappa shape index (κ3) is 2.81. The van der Waals surface area contributed by atoms with Gasteiger partial charge in [-0.15, -0.1) is 0 Å². The predicted octanol–water partition coefficient (Wildman–Crippen LogP) is 2.76. The number of nitrogens with one attached hydrogen (secondary N) is 1. The Hall–Kier alpha value is -0.450. The Kier molecular flexibility index (Phi) is 3.95. The molecule has 2 nitrogen and oxygen atoms in total. The molecule has 2 unspecified atom stereocenters. The van der Waals surface area contributed by atoms with Crippen LogP contribution in [0.4, 0.5) is 4.39 Å². The molecule has 2 N–H and O–H groups in total. The van der Waals surface area contributed by atoms with Crippen LogP contribution in [-0.4, -0.2) is 17.7 Å². The second-order valence-electron chi connectivity index (χ2n) is 4.22. The van der Waals surface area contributed by atoms with E-state index in [1.807, 2.05) is 0 Å². The molecule has 1 aliphatic heterocycles. The third-order valence-electron chi connectivity index (χ3n) is 3.00. The lowest BCUT2D eigenvalue weighted by Crippen LogP contribution is -2.23. The van der Waals surface area contributed by atoms with Crippen LogP contribution in [-0.2, 0) is 0 Å². The Bertz CT molecular complexity index is 366. The van der Waals surface area contributed by atoms with E-state index in [-0.39, 0.29) is 5.82 Å². The van der Waals surface area contributed by atoms with Crippen LogP contribution in [0, 0.1) is 5.82 Å². The summed E-state index contributed by atoms with van der Waals surface area (Å²) in [7, 11) is 0. The fourth-order valence-corrected chi connectivity index (χ4v) is 2.48. The van der Waals surface area contributed by atoms with E-state index in [9.17, 15) is 9.50 Å². The molecule has 0 radical (unpaired) electrons. The van der Waals surface area contributed by atoms with Crippen LogP contribution in [0.3, 0.4) is 0 Å². The van der Waals surface area contributed by atoms with Gasteiger partial charge in [0.1, 0.15) is 5.82 Å². The molecule has 1 fully saturated rings. The summed E-state index contributed by atoms with van der Waals surface area (Å²) in [4.78, 5) is 0. The Morgan fingerprint density at radius 3 is 3.00 bits per heavy atom. The molecule has 0 amide bonds. The molecule has 1 aromatic carbocycles. The van der Waals surface area contributed by atoms with E-state index in [4.69, 9.17) is 0 Å². The fourth-order valence-electron chi connectivity index (χ4n) is 2.08. The SMILES string of the molecule is OC(CC1CCCN1)c1ccc(F)c(Br)c1. The summed E-state index contributed by atoms with van der Waals surface area (Å²) in [6, 6.07) is 5.05. The van der Waals surface area contributed by atoms with Crippen LogP contribution in [0.1, 0.15) is 30.9 Å². The minimum Gasteiger partial charge on any atom is -0.388 e. The van der Waals surface area contributed by atoms with Gasteiger partial charge in [-0.2, -0.15) is 0 Å². The van der Waals surface area contributed by atoms with Gasteiger partial charge in [0.2, 0.25) is 0 Å². The molecule has 4 heteroatoms. The van der Waals surface area contributed by atoms with Gasteiger partial charge in [-0.25, -0.2) is 4.39 Å². The number of aliphatic hydroxyl groups is 1. The maximum atomic E-state index is 13.0. The molecular formula is C12H15BrFNO. The molecule has 2 rings (SSSR count). The zero-order valence-corrected chi connectivity index (χ0v) is 10.5. The molecule has 0 aromatic heterocycles. The van der Waals surface area contributed by atoms with Crippen LogP contribution in [0.15, 0.2) is 22.7 Å². The molecule has 0 saturated carbocycles. The molecule has 0 aliphatic carbocycles. The van der Waals surface area contributed by atoms with E-state index >= 15 is 0 Å². The van der Waals surface area contributed by atoms with Gasteiger partial charge in [0.15, 0.2) is 0 Å². The van der Waals surface area contributed by atoms with E-state index in [0.717, 1.165) is 18.5 Å². The van der Waals surface area contributed by atoms with Crippen LogP contribution in [0.2, 0.25) is 0 Å². The highest BCUT2D eigenvalue weighted by atomic mass is 79.9. The van der Waals surface area contributed by atoms with Crippen molar-refractivity contribution >= 4 is 15.9 Å². The maximum Gasteiger partial charge on any atom is 0.137 e. The van der Waals surface area contributed by atoms with Crippen molar-refractivity contribution in [2.45, 2.75) is 31.4 Å². The number of aliphatic hydroxyl groups excluding tert-OH is 1. The minimum atomic E-state index is -0.521. The van der Waals surface area contributed by atoms with Crippen LogP contribution in [0.5, 0.6) is 0 Å². The topological polar surface area (TPSA) is 32.3 Å². The Labute approximate surface area is 103 Å². The van der Waals surface area contributed by atoms with Crippen LogP contribution >= 0.6 is 15.9 Å². The van der Waals surface area contributed by atoms with Crippen molar-refractivity contribution in [2.24, 2.45) is 0 Å². The molecule has 1 aliphatic rings. The van der Waals surface area contributed by atoms with E-state index < -0.39 is 6.10 Å². The molecule has 0 bridgehead atoms. The molecule has 0 spiro atoms. The van der Waals surface area contributed by atoms with Crippen molar-refractivity contribution in [1.29, 1.82) is 0 Å². The van der Waals surface area contributed by atoms with Crippen LogP contribution < -0.4 is 5.32 Å². The summed E-state index contributed by atoms with van der Waals surface area (Å²) in [5.41, 5.74) is 0.766. The number of hydrogen-bond acceptors (Lipinski definition) is 2. The Morgan fingerprint density at radius 1 is 1.56 bits per heavy atom. The van der Waals surface area contributed by atoms with Crippen LogP contribution in [0.25, 0.3) is 0 Å². The van der Waals surface area contributed by atoms with Crippen molar-refractivity contribution in [3.05, 3.63) is 34.1 Å². The zero-order valence-electron chi connectivity index (χ0n) is 8.92. The van der Waals surface area contributed by atoms with Crippen molar-refractivity contribution in [1.82, 2.24) is 5.32 Å². The third-order valence-corrected chi connectivity index (χ3v) is 3.61. The lowest BCUT2D eigenvalue weighted by molar-refractivity contribution is 0.154. The highest BCUT2D eigenvalue weighted by Crippen LogP contribution is 2.25. The molecule has 1 aromatic rings. The summed E-state index contributed by atoms with van der Waals surface area (Å²) in [5.74, 6) is -0.296. The molecule has 2 atom stereocenters. The van der Waals surface area contributed by atoms with Crippen molar-refractivity contribution in [3.63, 3.8) is 0 Å². The summed E-state index contributed by atoms with van der Waals surface area (Å²) < 4.78 is 13.4. The van der Waals surface area contributed by atoms with Gasteiger partial charge in [-0.05, 0) is 59.4 Å². The van der Waals surface area contributed by atoms with Crippen molar-refractivity contribution in [2.75, 3.05) is 6.54 Å². The summed E-state index contributed by atoms with van der Waals surface area (Å²) in [5, 5.41) is 13.4. The second kappa shape index (κ2) is 5.25. The fraction of sp³-hybridized carbons (Fsp3) is 0.500. The van der Waals surface area contributed by atoms with Crippen molar-refractivity contribution in [3.8, 4) is 0 Å². The monoisotopic (exact) mass is 287 g/mol. The number of hydrogen-bond donors (Lipinski definition) is 2. The quantitative estimate of drug-likeness (QED) is 0.896. The maximum absolute atomic E-state index is 13.0. The highest BCUT2D eigenvalue weighted by molar-refractivity contribution is 9.10. The lowest BCUT2D eigenvalue weighted by atomic mass is 10.0. The molecule has 1 saturated heterocycles. The smallest absolute Gasteiger partial charge is 0.137 e. The number of halogens is 2. The van der Waals surface area contributed by atoms with Gasteiger partial charge in [-0.3, -0.25) is 0 Å².